The molecule has 2 aromatic rings. The van der Waals surface area contributed by atoms with Gasteiger partial charge in [-0.3, -0.25) is 24.1 Å². The summed E-state index contributed by atoms with van der Waals surface area (Å²) in [4.78, 5) is 66.7. The fourth-order valence-corrected chi connectivity index (χ4v) is 6.73. The van der Waals surface area contributed by atoms with Crippen molar-refractivity contribution in [1.29, 1.82) is 0 Å². The minimum atomic E-state index is -5.04. The van der Waals surface area contributed by atoms with Crippen LogP contribution in [0.5, 0.6) is 11.5 Å². The molecule has 220 valence electrons. The van der Waals surface area contributed by atoms with E-state index in [0.717, 1.165) is 29.2 Å². The molecule has 0 saturated carbocycles. The highest BCUT2D eigenvalue weighted by molar-refractivity contribution is 6.25. The van der Waals surface area contributed by atoms with E-state index in [0.29, 0.717) is 5.57 Å². The van der Waals surface area contributed by atoms with E-state index in [2.05, 4.69) is 4.74 Å². The van der Waals surface area contributed by atoms with Crippen LogP contribution < -0.4 is 9.64 Å². The fourth-order valence-electron chi connectivity index (χ4n) is 6.73. The molecule has 2 aromatic carbocycles. The summed E-state index contributed by atoms with van der Waals surface area (Å²) in [5.41, 5.74) is 0.405. The van der Waals surface area contributed by atoms with Gasteiger partial charge in [0.15, 0.2) is 11.6 Å². The first kappa shape index (κ1) is 28.1. The van der Waals surface area contributed by atoms with Crippen molar-refractivity contribution in [2.75, 3.05) is 4.90 Å². The van der Waals surface area contributed by atoms with Crippen molar-refractivity contribution in [2.24, 2.45) is 17.8 Å². The van der Waals surface area contributed by atoms with Gasteiger partial charge >= 0.3 is 12.3 Å². The number of rotatable bonds is 4. The zero-order valence-corrected chi connectivity index (χ0v) is 22.3. The number of ketones is 2. The summed E-state index contributed by atoms with van der Waals surface area (Å²) in [7, 11) is 0. The third-order valence-electron chi connectivity index (χ3n) is 8.46. The van der Waals surface area contributed by atoms with Crippen LogP contribution in [0.15, 0.2) is 76.9 Å². The molecular formula is C31H22F3NO8. The summed E-state index contributed by atoms with van der Waals surface area (Å²) in [5.74, 6) is -8.48. The Hall–Kier alpha value is -5.00. The molecule has 43 heavy (non-hydrogen) atoms. The van der Waals surface area contributed by atoms with E-state index in [1.54, 1.807) is 6.08 Å². The average Bonchev–Trinajstić information content (AvgIpc) is 3.20. The van der Waals surface area contributed by atoms with Crippen LogP contribution in [0.3, 0.4) is 0 Å². The maximum atomic E-state index is 13.9. The van der Waals surface area contributed by atoms with Crippen LogP contribution in [0.1, 0.15) is 41.6 Å². The summed E-state index contributed by atoms with van der Waals surface area (Å²) >= 11 is 0. The monoisotopic (exact) mass is 593 g/mol. The lowest BCUT2D eigenvalue weighted by atomic mass is 9.59. The Balaban J connectivity index is 1.48. The molecule has 2 N–H and O–H groups in total. The lowest BCUT2D eigenvalue weighted by molar-refractivity contribution is -0.274. The summed E-state index contributed by atoms with van der Waals surface area (Å²) in [6.07, 6.45) is -2.32. The molecule has 1 heterocycles. The molecule has 12 heteroatoms. The van der Waals surface area contributed by atoms with Crippen molar-refractivity contribution in [3.05, 3.63) is 88.0 Å². The second kappa shape index (κ2) is 9.79. The Morgan fingerprint density at radius 2 is 1.77 bits per heavy atom. The Labute approximate surface area is 241 Å². The lowest BCUT2D eigenvalue weighted by Crippen LogP contribution is -2.39. The molecule has 0 radical (unpaired) electrons. The molecule has 0 aromatic heterocycles. The number of nitrogens with zero attached hydrogens (tertiary/aromatic N) is 1. The number of aromatic carboxylic acids is 1. The van der Waals surface area contributed by atoms with Gasteiger partial charge in [0.1, 0.15) is 11.5 Å². The molecule has 6 rings (SSSR count). The summed E-state index contributed by atoms with van der Waals surface area (Å²) < 4.78 is 43.2. The van der Waals surface area contributed by atoms with Gasteiger partial charge in [-0.05, 0) is 68.2 Å². The molecule has 1 aliphatic heterocycles. The Bertz CT molecular complexity index is 1750. The largest absolute Gasteiger partial charge is 0.573 e. The average molecular weight is 594 g/mol. The number of hydrogen-bond donors (Lipinski definition) is 2. The van der Waals surface area contributed by atoms with E-state index in [9.17, 15) is 47.4 Å². The van der Waals surface area contributed by atoms with Crippen molar-refractivity contribution in [2.45, 2.75) is 32.0 Å². The molecule has 1 fully saturated rings. The molecule has 4 aliphatic rings. The van der Waals surface area contributed by atoms with Gasteiger partial charge in [0.2, 0.25) is 11.8 Å². The van der Waals surface area contributed by atoms with E-state index in [4.69, 9.17) is 0 Å². The van der Waals surface area contributed by atoms with E-state index in [-0.39, 0.29) is 46.4 Å². The number of hydrogen-bond acceptors (Lipinski definition) is 7. The van der Waals surface area contributed by atoms with Gasteiger partial charge in [-0.2, -0.15) is 0 Å². The number of amides is 2. The summed E-state index contributed by atoms with van der Waals surface area (Å²) in [5, 5.41) is 20.2. The number of anilines is 1. The van der Waals surface area contributed by atoms with Crippen LogP contribution in [0.25, 0.3) is 0 Å². The number of carbonyl (C=O) groups is 5. The number of benzene rings is 2. The van der Waals surface area contributed by atoms with E-state index >= 15 is 0 Å². The third kappa shape index (κ3) is 4.53. The molecular weight excluding hydrogens is 571 g/mol. The van der Waals surface area contributed by atoms with Gasteiger partial charge in [-0.25, -0.2) is 4.79 Å². The number of fused-ring (bicyclic) bond motifs is 3. The summed E-state index contributed by atoms with van der Waals surface area (Å²) in [6, 6.07) is 8.20. The maximum Gasteiger partial charge on any atom is 0.573 e. The molecule has 0 spiro atoms. The molecule has 2 amide bonds. The number of phenols is 1. The predicted molar refractivity (Wildman–Crippen MR) is 142 cm³/mol. The molecule has 4 unspecified atom stereocenters. The van der Waals surface area contributed by atoms with Crippen LogP contribution in [-0.4, -0.2) is 45.9 Å². The van der Waals surface area contributed by atoms with Gasteiger partial charge in [0, 0.05) is 28.2 Å². The fraction of sp³-hybridized carbons (Fsp3) is 0.258. The van der Waals surface area contributed by atoms with Gasteiger partial charge in [0.25, 0.3) is 0 Å². The first-order chi connectivity index (χ1) is 20.3. The van der Waals surface area contributed by atoms with Gasteiger partial charge in [-0.15, -0.1) is 13.2 Å². The minimum absolute atomic E-state index is 0.0150. The Kier molecular flexibility index (Phi) is 6.40. The molecule has 9 nitrogen and oxygen atoms in total. The molecule has 4 atom stereocenters. The zero-order valence-electron chi connectivity index (χ0n) is 22.3. The van der Waals surface area contributed by atoms with Crippen LogP contribution in [0.2, 0.25) is 0 Å². The van der Waals surface area contributed by atoms with E-state index in [1.807, 2.05) is 0 Å². The number of aromatic hydroxyl groups is 1. The second-order valence-corrected chi connectivity index (χ2v) is 10.9. The first-order valence-corrected chi connectivity index (χ1v) is 13.3. The Morgan fingerprint density at radius 3 is 2.47 bits per heavy atom. The van der Waals surface area contributed by atoms with Gasteiger partial charge < -0.3 is 14.9 Å². The number of halogens is 3. The van der Waals surface area contributed by atoms with Crippen LogP contribution >= 0.6 is 0 Å². The zero-order chi connectivity index (χ0) is 31.0. The number of Topliss-reactive ketones (excluding diaryl/α,β-unsaturated/α-hetero) is 1. The standard InChI is InChI=1S/C31H22F3NO8/c1-13-9-23(37)26-21(27(13)38)12-19-17(24(26)20-11-16(5-8-22(20)36)43-31(32,33)34)6-7-18-25(19)29(40)35(28(18)39)15-4-2-3-14(10-15)30(41)42/h2-6,8-11,18-19,24-25,36H,7,12H2,1H3,(H,41,42). The molecule has 1 saturated heterocycles. The SMILES string of the molecule is CC1=CC(=O)C2=C(CC3C(=CCC4C(=O)N(c5cccc(C(=O)O)c5)C(=O)C43)C2c2cc(OC(F)(F)F)ccc2O)C1=O. The highest BCUT2D eigenvalue weighted by Gasteiger charge is 2.57. The third-order valence-corrected chi connectivity index (χ3v) is 8.46. The number of carboxylic acids is 1. The normalized spacial score (nSPS) is 25.2. The Morgan fingerprint density at radius 1 is 1.02 bits per heavy atom. The van der Waals surface area contributed by atoms with Crippen molar-refractivity contribution in [3.8, 4) is 11.5 Å². The van der Waals surface area contributed by atoms with E-state index < -0.39 is 70.9 Å². The van der Waals surface area contributed by atoms with Crippen LogP contribution in [0, 0.1) is 17.8 Å². The highest BCUT2D eigenvalue weighted by atomic mass is 19.4. The van der Waals surface area contributed by atoms with Crippen molar-refractivity contribution >= 4 is 35.0 Å². The number of ether oxygens (including phenoxy) is 1. The highest BCUT2D eigenvalue weighted by Crippen LogP contribution is 2.56. The number of imide groups is 1. The van der Waals surface area contributed by atoms with Gasteiger partial charge in [-0.1, -0.05) is 17.7 Å². The number of carboxylic acid groups (broad SMARTS) is 1. The maximum absolute atomic E-state index is 13.9. The van der Waals surface area contributed by atoms with Crippen molar-refractivity contribution < 1.29 is 52.1 Å². The first-order valence-electron chi connectivity index (χ1n) is 13.3. The minimum Gasteiger partial charge on any atom is -0.508 e. The van der Waals surface area contributed by atoms with Crippen LogP contribution in [0.4, 0.5) is 18.9 Å². The predicted octanol–water partition coefficient (Wildman–Crippen LogP) is 4.62. The topological polar surface area (TPSA) is 138 Å². The smallest absolute Gasteiger partial charge is 0.508 e. The number of phenolic OH excluding ortho intramolecular Hbond substituents is 1. The van der Waals surface area contributed by atoms with Crippen molar-refractivity contribution in [1.82, 2.24) is 0 Å². The van der Waals surface area contributed by atoms with E-state index in [1.165, 1.54) is 31.2 Å². The number of carbonyl (C=O) groups excluding carboxylic acids is 4. The molecule has 0 bridgehead atoms. The quantitative estimate of drug-likeness (QED) is 0.298. The van der Waals surface area contributed by atoms with Crippen molar-refractivity contribution in [3.63, 3.8) is 0 Å². The number of allylic oxidation sites excluding steroid dienone is 6. The second-order valence-electron chi connectivity index (χ2n) is 10.9. The number of alkyl halides is 3. The van der Waals surface area contributed by atoms with Crippen LogP contribution in [-0.2, 0) is 19.2 Å². The summed E-state index contributed by atoms with van der Waals surface area (Å²) in [6.45, 7) is 1.45. The van der Waals surface area contributed by atoms with Gasteiger partial charge in [0.05, 0.1) is 23.1 Å². The molecule has 3 aliphatic carbocycles. The lowest BCUT2D eigenvalue weighted by Gasteiger charge is -2.42.